The summed E-state index contributed by atoms with van der Waals surface area (Å²) in [6, 6.07) is 4.60. The maximum atomic E-state index is 11.6. The lowest BCUT2D eigenvalue weighted by Crippen LogP contribution is -2.20. The van der Waals surface area contributed by atoms with E-state index in [4.69, 9.17) is 10.5 Å². The van der Waals surface area contributed by atoms with E-state index in [0.717, 1.165) is 6.42 Å². The molecule has 1 rings (SSSR count). The molecule has 1 aromatic rings. The lowest BCUT2D eigenvalue weighted by molar-refractivity contribution is 0.243. The molecule has 0 aliphatic carbocycles. The normalized spacial score (nSPS) is 12.4. The first kappa shape index (κ1) is 15.8. The molecule has 0 aliphatic rings. The summed E-state index contributed by atoms with van der Waals surface area (Å²) in [6.07, 6.45) is 0.906. The van der Waals surface area contributed by atoms with Crippen LogP contribution >= 0.6 is 0 Å². The van der Waals surface area contributed by atoms with Gasteiger partial charge in [0.1, 0.15) is 10.6 Å². The lowest BCUT2D eigenvalue weighted by Gasteiger charge is -2.18. The van der Waals surface area contributed by atoms with Crippen LogP contribution < -0.4 is 15.2 Å². The molecule has 0 bridgehead atoms. The van der Waals surface area contributed by atoms with Crippen LogP contribution in [0.4, 0.5) is 5.69 Å². The number of hydrogen-bond donors (Lipinski definition) is 2. The Balaban J connectivity index is 2.78. The summed E-state index contributed by atoms with van der Waals surface area (Å²) in [6.45, 7) is 6.97. The minimum atomic E-state index is -3.52. The standard InChI is InChI=1S/C13H22N2O3S/c1-13(2,3)7-8-18-10-5-6-12(11(14)9-10)19(16,17)15-4/h5-6,9,15H,7-8,14H2,1-4H3. The fraction of sp³-hybridized carbons (Fsp3) is 0.538. The third-order valence-electron chi connectivity index (χ3n) is 2.66. The van der Waals surface area contributed by atoms with Gasteiger partial charge in [-0.25, -0.2) is 13.1 Å². The molecule has 1 aromatic carbocycles. The largest absolute Gasteiger partial charge is 0.493 e. The van der Waals surface area contributed by atoms with E-state index in [2.05, 4.69) is 25.5 Å². The first-order chi connectivity index (χ1) is 8.65. The third-order valence-corrected chi connectivity index (χ3v) is 4.15. The number of benzene rings is 1. The summed E-state index contributed by atoms with van der Waals surface area (Å²) in [5.74, 6) is 0.580. The van der Waals surface area contributed by atoms with E-state index in [9.17, 15) is 8.42 Å². The van der Waals surface area contributed by atoms with Gasteiger partial charge in [-0.1, -0.05) is 20.8 Å². The van der Waals surface area contributed by atoms with Crippen molar-refractivity contribution < 1.29 is 13.2 Å². The predicted octanol–water partition coefficient (Wildman–Crippen LogP) is 1.99. The van der Waals surface area contributed by atoms with E-state index in [-0.39, 0.29) is 16.0 Å². The highest BCUT2D eigenvalue weighted by Gasteiger charge is 2.16. The van der Waals surface area contributed by atoms with Crippen LogP contribution in [-0.4, -0.2) is 22.1 Å². The van der Waals surface area contributed by atoms with Gasteiger partial charge in [0, 0.05) is 6.07 Å². The van der Waals surface area contributed by atoms with Gasteiger partial charge < -0.3 is 10.5 Å². The minimum absolute atomic E-state index is 0.0678. The highest BCUT2D eigenvalue weighted by atomic mass is 32.2. The number of nitrogens with two attached hydrogens (primary N) is 1. The zero-order valence-corrected chi connectivity index (χ0v) is 12.7. The molecule has 19 heavy (non-hydrogen) atoms. The Kier molecular flexibility index (Phi) is 4.81. The van der Waals surface area contributed by atoms with E-state index in [0.29, 0.717) is 12.4 Å². The highest BCUT2D eigenvalue weighted by Crippen LogP contribution is 2.25. The van der Waals surface area contributed by atoms with Crippen LogP contribution in [-0.2, 0) is 10.0 Å². The van der Waals surface area contributed by atoms with Crippen molar-refractivity contribution in [3.8, 4) is 5.75 Å². The molecule has 0 amide bonds. The molecule has 0 radical (unpaired) electrons. The first-order valence-corrected chi connectivity index (χ1v) is 7.60. The molecule has 3 N–H and O–H groups in total. The Morgan fingerprint density at radius 3 is 2.42 bits per heavy atom. The molecule has 0 aromatic heterocycles. The molecule has 0 fully saturated rings. The number of nitrogens with one attached hydrogen (secondary N) is 1. The van der Waals surface area contributed by atoms with E-state index in [1.54, 1.807) is 6.07 Å². The maximum Gasteiger partial charge on any atom is 0.242 e. The smallest absolute Gasteiger partial charge is 0.242 e. The minimum Gasteiger partial charge on any atom is -0.493 e. The van der Waals surface area contributed by atoms with Gasteiger partial charge in [0.2, 0.25) is 10.0 Å². The summed E-state index contributed by atoms with van der Waals surface area (Å²) in [7, 11) is -2.17. The van der Waals surface area contributed by atoms with Gasteiger partial charge in [-0.3, -0.25) is 0 Å². The van der Waals surface area contributed by atoms with E-state index < -0.39 is 10.0 Å². The number of nitrogen functional groups attached to an aromatic ring is 1. The van der Waals surface area contributed by atoms with Crippen molar-refractivity contribution in [1.82, 2.24) is 4.72 Å². The Morgan fingerprint density at radius 1 is 1.32 bits per heavy atom. The van der Waals surface area contributed by atoms with Crippen molar-refractivity contribution in [3.05, 3.63) is 18.2 Å². The molecule has 0 saturated carbocycles. The van der Waals surface area contributed by atoms with Gasteiger partial charge >= 0.3 is 0 Å². The van der Waals surface area contributed by atoms with Gasteiger partial charge in [0.25, 0.3) is 0 Å². The van der Waals surface area contributed by atoms with Crippen molar-refractivity contribution in [2.45, 2.75) is 32.1 Å². The van der Waals surface area contributed by atoms with Crippen LogP contribution in [0.2, 0.25) is 0 Å². The monoisotopic (exact) mass is 286 g/mol. The summed E-state index contributed by atoms with van der Waals surface area (Å²) >= 11 is 0. The molecule has 0 aliphatic heterocycles. The van der Waals surface area contributed by atoms with E-state index >= 15 is 0 Å². The van der Waals surface area contributed by atoms with Crippen molar-refractivity contribution >= 4 is 15.7 Å². The Morgan fingerprint density at radius 2 is 1.95 bits per heavy atom. The predicted molar refractivity (Wildman–Crippen MR) is 76.7 cm³/mol. The second-order valence-corrected chi connectivity index (χ2v) is 7.42. The number of sulfonamides is 1. The zero-order chi connectivity index (χ0) is 14.7. The Hall–Kier alpha value is -1.27. The lowest BCUT2D eigenvalue weighted by atomic mass is 9.93. The molecule has 0 atom stereocenters. The quantitative estimate of drug-likeness (QED) is 0.811. The van der Waals surface area contributed by atoms with Gasteiger partial charge in [-0.05, 0) is 31.0 Å². The second kappa shape index (κ2) is 5.79. The molecule has 108 valence electrons. The van der Waals surface area contributed by atoms with Crippen molar-refractivity contribution in [2.24, 2.45) is 5.41 Å². The Labute approximate surface area is 115 Å². The average Bonchev–Trinajstić information content (AvgIpc) is 2.27. The number of hydrogen-bond acceptors (Lipinski definition) is 4. The molecular weight excluding hydrogens is 264 g/mol. The molecule has 0 spiro atoms. The van der Waals surface area contributed by atoms with Crippen molar-refractivity contribution in [1.29, 1.82) is 0 Å². The van der Waals surface area contributed by atoms with Crippen LogP contribution in [0.1, 0.15) is 27.2 Å². The number of ether oxygens (including phenoxy) is 1. The molecule has 0 unspecified atom stereocenters. The fourth-order valence-electron chi connectivity index (χ4n) is 1.45. The van der Waals surface area contributed by atoms with Gasteiger partial charge in [-0.2, -0.15) is 0 Å². The van der Waals surface area contributed by atoms with Crippen molar-refractivity contribution in [3.63, 3.8) is 0 Å². The molecule has 6 heteroatoms. The fourth-order valence-corrected chi connectivity index (χ4v) is 2.28. The van der Waals surface area contributed by atoms with E-state index in [1.165, 1.54) is 19.2 Å². The average molecular weight is 286 g/mol. The van der Waals surface area contributed by atoms with Gasteiger partial charge in [-0.15, -0.1) is 0 Å². The Bertz CT molecular complexity index is 533. The summed E-state index contributed by atoms with van der Waals surface area (Å²) in [4.78, 5) is 0.0678. The van der Waals surface area contributed by atoms with E-state index in [1.807, 2.05) is 0 Å². The second-order valence-electron chi connectivity index (χ2n) is 5.57. The zero-order valence-electron chi connectivity index (χ0n) is 11.9. The molecule has 0 heterocycles. The summed E-state index contributed by atoms with van der Waals surface area (Å²) < 4.78 is 31.1. The van der Waals surface area contributed by atoms with Crippen molar-refractivity contribution in [2.75, 3.05) is 19.4 Å². The molecular formula is C13H22N2O3S. The summed E-state index contributed by atoms with van der Waals surface area (Å²) in [5, 5.41) is 0. The van der Waals surface area contributed by atoms with Crippen LogP contribution in [0.5, 0.6) is 5.75 Å². The van der Waals surface area contributed by atoms with Crippen LogP contribution in [0.15, 0.2) is 23.1 Å². The van der Waals surface area contributed by atoms with Crippen LogP contribution in [0.3, 0.4) is 0 Å². The highest BCUT2D eigenvalue weighted by molar-refractivity contribution is 7.89. The van der Waals surface area contributed by atoms with Crippen LogP contribution in [0, 0.1) is 5.41 Å². The molecule has 0 saturated heterocycles. The topological polar surface area (TPSA) is 81.4 Å². The third kappa shape index (κ3) is 4.72. The van der Waals surface area contributed by atoms with Crippen LogP contribution in [0.25, 0.3) is 0 Å². The van der Waals surface area contributed by atoms with Gasteiger partial charge in [0.15, 0.2) is 0 Å². The molecule has 5 nitrogen and oxygen atoms in total. The number of anilines is 1. The SMILES string of the molecule is CNS(=O)(=O)c1ccc(OCCC(C)(C)C)cc1N. The maximum absolute atomic E-state index is 11.6. The summed E-state index contributed by atoms with van der Waals surface area (Å²) in [5.41, 5.74) is 6.12. The number of rotatable bonds is 5. The first-order valence-electron chi connectivity index (χ1n) is 6.11. The van der Waals surface area contributed by atoms with Gasteiger partial charge in [0.05, 0.1) is 12.3 Å².